The van der Waals surface area contributed by atoms with E-state index in [1.165, 1.54) is 6.33 Å². The second kappa shape index (κ2) is 7.24. The zero-order valence-corrected chi connectivity index (χ0v) is 15.9. The molecule has 4 nitrogen and oxygen atoms in total. The summed E-state index contributed by atoms with van der Waals surface area (Å²) in [5.41, 5.74) is 3.44. The van der Waals surface area contributed by atoms with E-state index in [9.17, 15) is 4.79 Å². The molecule has 1 heterocycles. The molecule has 0 aliphatic rings. The summed E-state index contributed by atoms with van der Waals surface area (Å²) in [5.74, 6) is -0.0497. The Morgan fingerprint density at radius 3 is 1.79 bits per heavy atom. The molecule has 138 valence electrons. The van der Waals surface area contributed by atoms with Crippen molar-refractivity contribution < 1.29 is 4.79 Å². The van der Waals surface area contributed by atoms with E-state index in [0.29, 0.717) is 5.56 Å². The molecule has 4 rings (SSSR count). The van der Waals surface area contributed by atoms with Gasteiger partial charge in [0.2, 0.25) is 0 Å². The normalized spacial score (nSPS) is 11.4. The third-order valence-corrected chi connectivity index (χ3v) is 5.07. The van der Waals surface area contributed by atoms with Crippen LogP contribution in [0.3, 0.4) is 0 Å². The van der Waals surface area contributed by atoms with Crippen molar-refractivity contribution in [1.82, 2.24) is 14.8 Å². The van der Waals surface area contributed by atoms with Gasteiger partial charge in [0.25, 0.3) is 0 Å². The van der Waals surface area contributed by atoms with Crippen LogP contribution in [0.25, 0.3) is 0 Å². The van der Waals surface area contributed by atoms with Gasteiger partial charge in [0, 0.05) is 5.56 Å². The summed E-state index contributed by atoms with van der Waals surface area (Å²) in [6, 6.07) is 25.4. The van der Waals surface area contributed by atoms with Crippen LogP contribution in [-0.4, -0.2) is 20.5 Å². The summed E-state index contributed by atoms with van der Waals surface area (Å²) in [6.45, 7) is 4.07. The van der Waals surface area contributed by atoms with Crippen molar-refractivity contribution in [2.45, 2.75) is 19.4 Å². The maximum absolute atomic E-state index is 14.0. The summed E-state index contributed by atoms with van der Waals surface area (Å²) < 4.78 is 1.66. The van der Waals surface area contributed by atoms with E-state index >= 15 is 0 Å². The molecule has 0 aliphatic heterocycles. The molecule has 28 heavy (non-hydrogen) atoms. The van der Waals surface area contributed by atoms with E-state index in [1.807, 2.05) is 92.7 Å². The highest BCUT2D eigenvalue weighted by molar-refractivity contribution is 6.06. The number of aromatic nitrogens is 3. The molecule has 0 aliphatic carbocycles. The van der Waals surface area contributed by atoms with Crippen LogP contribution in [0.2, 0.25) is 0 Å². The van der Waals surface area contributed by atoms with Crippen LogP contribution in [0.15, 0.2) is 91.5 Å². The minimum absolute atomic E-state index is 0.0497. The van der Waals surface area contributed by atoms with E-state index < -0.39 is 5.54 Å². The van der Waals surface area contributed by atoms with Crippen molar-refractivity contribution >= 4 is 5.78 Å². The molecule has 0 amide bonds. The van der Waals surface area contributed by atoms with Crippen LogP contribution in [0.1, 0.15) is 32.6 Å². The molecule has 0 unspecified atom stereocenters. The van der Waals surface area contributed by atoms with Crippen LogP contribution in [0.5, 0.6) is 0 Å². The maximum Gasteiger partial charge on any atom is 0.199 e. The Morgan fingerprint density at radius 2 is 1.32 bits per heavy atom. The summed E-state index contributed by atoms with van der Waals surface area (Å²) in [4.78, 5) is 18.2. The molecule has 0 N–H and O–H groups in total. The molecule has 1 aromatic heterocycles. The smallest absolute Gasteiger partial charge is 0.199 e. The minimum atomic E-state index is -1.14. The molecular weight excluding hydrogens is 346 g/mol. The lowest BCUT2D eigenvalue weighted by Gasteiger charge is -2.34. The zero-order valence-electron chi connectivity index (χ0n) is 15.9. The Balaban J connectivity index is 2.06. The van der Waals surface area contributed by atoms with Gasteiger partial charge in [-0.05, 0) is 25.0 Å². The molecular formula is C24H21N3O. The van der Waals surface area contributed by atoms with Gasteiger partial charge in [-0.25, -0.2) is 9.67 Å². The molecule has 0 saturated carbocycles. The Morgan fingerprint density at radius 1 is 0.786 bits per heavy atom. The Kier molecular flexibility index (Phi) is 4.62. The fourth-order valence-corrected chi connectivity index (χ4v) is 3.57. The van der Waals surface area contributed by atoms with Crippen LogP contribution in [0.4, 0.5) is 0 Å². The van der Waals surface area contributed by atoms with E-state index in [-0.39, 0.29) is 5.78 Å². The maximum atomic E-state index is 14.0. The van der Waals surface area contributed by atoms with Gasteiger partial charge in [0.1, 0.15) is 12.7 Å². The quantitative estimate of drug-likeness (QED) is 0.486. The van der Waals surface area contributed by atoms with Crippen LogP contribution in [0, 0.1) is 13.8 Å². The highest BCUT2D eigenvalue weighted by atomic mass is 16.1. The number of carbonyl (C=O) groups excluding carboxylic acids is 1. The summed E-state index contributed by atoms with van der Waals surface area (Å²) in [5, 5.41) is 4.42. The van der Waals surface area contributed by atoms with Gasteiger partial charge < -0.3 is 0 Å². The largest absolute Gasteiger partial charge is 0.291 e. The first-order valence-electron chi connectivity index (χ1n) is 9.21. The molecule has 4 heteroatoms. The molecule has 0 radical (unpaired) electrons. The van der Waals surface area contributed by atoms with Crippen molar-refractivity contribution in [3.8, 4) is 0 Å². The van der Waals surface area contributed by atoms with Crippen molar-refractivity contribution in [3.63, 3.8) is 0 Å². The summed E-state index contributed by atoms with van der Waals surface area (Å²) in [7, 11) is 0. The number of benzene rings is 3. The molecule has 0 fully saturated rings. The topological polar surface area (TPSA) is 47.8 Å². The van der Waals surface area contributed by atoms with Gasteiger partial charge in [0.15, 0.2) is 11.3 Å². The summed E-state index contributed by atoms with van der Waals surface area (Å²) >= 11 is 0. The summed E-state index contributed by atoms with van der Waals surface area (Å²) in [6.07, 6.45) is 3.08. The lowest BCUT2D eigenvalue weighted by atomic mass is 9.76. The Hall–Kier alpha value is -3.53. The molecule has 4 aromatic rings. The number of hydrogen-bond acceptors (Lipinski definition) is 3. The average molecular weight is 367 g/mol. The highest BCUT2D eigenvalue weighted by Crippen LogP contribution is 2.37. The molecule has 0 atom stereocenters. The van der Waals surface area contributed by atoms with Crippen molar-refractivity contribution in [1.29, 1.82) is 0 Å². The van der Waals surface area contributed by atoms with Crippen molar-refractivity contribution in [2.75, 3.05) is 0 Å². The third-order valence-electron chi connectivity index (χ3n) is 5.07. The molecule has 0 bridgehead atoms. The monoisotopic (exact) mass is 367 g/mol. The highest BCUT2D eigenvalue weighted by Gasteiger charge is 2.45. The van der Waals surface area contributed by atoms with Gasteiger partial charge >= 0.3 is 0 Å². The standard InChI is InChI=1S/C24H21N3O/c1-18-8-12-21(13-9-18)24(27-17-25-16-26-27,22-14-10-19(2)11-15-22)23(28)20-6-4-3-5-7-20/h3-17H,1-2H3. The minimum Gasteiger partial charge on any atom is -0.291 e. The van der Waals surface area contributed by atoms with Gasteiger partial charge in [-0.2, -0.15) is 5.10 Å². The predicted molar refractivity (Wildman–Crippen MR) is 109 cm³/mol. The second-order valence-electron chi connectivity index (χ2n) is 6.98. The first kappa shape index (κ1) is 17.9. The second-order valence-corrected chi connectivity index (χ2v) is 6.98. The first-order chi connectivity index (χ1) is 13.6. The van der Waals surface area contributed by atoms with Crippen molar-refractivity contribution in [3.05, 3.63) is 119 Å². The lowest BCUT2D eigenvalue weighted by Crippen LogP contribution is -2.44. The zero-order chi connectivity index (χ0) is 19.6. The van der Waals surface area contributed by atoms with Gasteiger partial charge in [-0.3, -0.25) is 4.79 Å². The average Bonchev–Trinajstić information content (AvgIpc) is 3.27. The molecule has 0 spiro atoms. The Bertz CT molecular complexity index is 1020. The van der Waals surface area contributed by atoms with E-state index in [4.69, 9.17) is 0 Å². The van der Waals surface area contributed by atoms with Crippen LogP contribution < -0.4 is 0 Å². The number of hydrogen-bond donors (Lipinski definition) is 0. The van der Waals surface area contributed by atoms with Crippen molar-refractivity contribution in [2.24, 2.45) is 0 Å². The predicted octanol–water partition coefficient (Wildman–Crippen LogP) is 4.57. The Labute approximate surface area is 164 Å². The number of rotatable bonds is 5. The number of aryl methyl sites for hydroxylation is 2. The van der Waals surface area contributed by atoms with E-state index in [2.05, 4.69) is 10.1 Å². The first-order valence-corrected chi connectivity index (χ1v) is 9.21. The fourth-order valence-electron chi connectivity index (χ4n) is 3.57. The lowest BCUT2D eigenvalue weighted by molar-refractivity contribution is 0.0878. The number of Topliss-reactive ketones (excluding diaryl/α,β-unsaturated/α-hetero) is 1. The fraction of sp³-hybridized carbons (Fsp3) is 0.125. The number of ketones is 1. The third kappa shape index (κ3) is 2.93. The van der Waals surface area contributed by atoms with E-state index in [0.717, 1.165) is 22.3 Å². The van der Waals surface area contributed by atoms with Gasteiger partial charge in [-0.15, -0.1) is 0 Å². The van der Waals surface area contributed by atoms with Gasteiger partial charge in [0.05, 0.1) is 0 Å². The number of nitrogens with zero attached hydrogens (tertiary/aromatic N) is 3. The van der Waals surface area contributed by atoms with Crippen LogP contribution in [-0.2, 0) is 5.54 Å². The molecule has 0 saturated heterocycles. The molecule has 3 aromatic carbocycles. The van der Waals surface area contributed by atoms with E-state index in [1.54, 1.807) is 11.0 Å². The van der Waals surface area contributed by atoms with Crippen LogP contribution >= 0.6 is 0 Å². The van der Waals surface area contributed by atoms with Gasteiger partial charge in [-0.1, -0.05) is 90.0 Å². The number of carbonyl (C=O) groups is 1. The SMILES string of the molecule is Cc1ccc(C(C(=O)c2ccccc2)(c2ccc(C)cc2)n2cncn2)cc1.